The molecule has 0 aliphatic rings. The molecular formula is C23H17ClN2S. The summed E-state index contributed by atoms with van der Waals surface area (Å²) in [5.41, 5.74) is 5.44. The predicted octanol–water partition coefficient (Wildman–Crippen LogP) is 7.19. The second kappa shape index (κ2) is 7.87. The molecule has 4 aromatic rings. The molecule has 0 saturated heterocycles. The van der Waals surface area contributed by atoms with Crippen molar-refractivity contribution in [1.82, 2.24) is 4.98 Å². The van der Waals surface area contributed by atoms with Gasteiger partial charge in [0.05, 0.1) is 10.6 Å². The van der Waals surface area contributed by atoms with Crippen LogP contribution in [0.25, 0.3) is 21.7 Å². The molecule has 27 heavy (non-hydrogen) atoms. The summed E-state index contributed by atoms with van der Waals surface area (Å²) in [6.07, 6.45) is 1.82. The highest BCUT2D eigenvalue weighted by Gasteiger charge is 2.14. The van der Waals surface area contributed by atoms with Crippen LogP contribution in [0.4, 0.5) is 5.13 Å². The molecule has 4 heteroatoms. The fraction of sp³-hybridized carbons (Fsp3) is 0.0435. The summed E-state index contributed by atoms with van der Waals surface area (Å²) in [5.74, 6) is 0. The third-order valence-corrected chi connectivity index (χ3v) is 5.44. The van der Waals surface area contributed by atoms with E-state index in [2.05, 4.69) is 48.3 Å². The van der Waals surface area contributed by atoms with Crippen molar-refractivity contribution in [2.75, 3.05) is 0 Å². The zero-order valence-electron chi connectivity index (χ0n) is 14.8. The molecule has 4 rings (SSSR count). The van der Waals surface area contributed by atoms with Crippen LogP contribution in [0.5, 0.6) is 0 Å². The normalized spacial score (nSPS) is 11.2. The Hall–Kier alpha value is -2.75. The van der Waals surface area contributed by atoms with E-state index in [1.54, 1.807) is 11.3 Å². The van der Waals surface area contributed by atoms with Crippen molar-refractivity contribution < 1.29 is 0 Å². The Kier molecular flexibility index (Phi) is 5.14. The van der Waals surface area contributed by atoms with Crippen molar-refractivity contribution in [2.45, 2.75) is 6.92 Å². The average Bonchev–Trinajstić information content (AvgIpc) is 3.13. The van der Waals surface area contributed by atoms with Crippen molar-refractivity contribution in [3.63, 3.8) is 0 Å². The van der Waals surface area contributed by atoms with E-state index in [4.69, 9.17) is 16.6 Å². The number of benzene rings is 3. The van der Waals surface area contributed by atoms with Crippen molar-refractivity contribution >= 4 is 34.3 Å². The predicted molar refractivity (Wildman–Crippen MR) is 116 cm³/mol. The second-order valence-electron chi connectivity index (χ2n) is 6.22. The summed E-state index contributed by atoms with van der Waals surface area (Å²) in [5, 5.41) is 1.45. The van der Waals surface area contributed by atoms with Gasteiger partial charge in [-0.1, -0.05) is 95.2 Å². The molecule has 3 aromatic carbocycles. The van der Waals surface area contributed by atoms with Crippen LogP contribution >= 0.6 is 22.9 Å². The summed E-state index contributed by atoms with van der Waals surface area (Å²) in [4.78, 5) is 10.5. The number of halogens is 1. The Morgan fingerprint density at radius 1 is 0.852 bits per heavy atom. The SMILES string of the molecule is Cc1ccc(-c2nc(N=Cc3ccc(Cl)cc3)sc2-c2ccccc2)cc1. The van der Waals surface area contributed by atoms with Crippen LogP contribution in [0, 0.1) is 6.92 Å². The molecular weight excluding hydrogens is 372 g/mol. The van der Waals surface area contributed by atoms with Crippen molar-refractivity contribution in [2.24, 2.45) is 4.99 Å². The molecule has 0 N–H and O–H groups in total. The highest BCUT2D eigenvalue weighted by Crippen LogP contribution is 2.40. The number of aromatic nitrogens is 1. The van der Waals surface area contributed by atoms with Gasteiger partial charge in [-0.25, -0.2) is 9.98 Å². The molecule has 1 aromatic heterocycles. The van der Waals surface area contributed by atoms with Gasteiger partial charge < -0.3 is 0 Å². The van der Waals surface area contributed by atoms with E-state index < -0.39 is 0 Å². The van der Waals surface area contributed by atoms with Gasteiger partial charge in [-0.2, -0.15) is 0 Å². The Labute approximate surface area is 167 Å². The van der Waals surface area contributed by atoms with Crippen LogP contribution in [0.3, 0.4) is 0 Å². The summed E-state index contributed by atoms with van der Waals surface area (Å²) in [7, 11) is 0. The van der Waals surface area contributed by atoms with E-state index in [-0.39, 0.29) is 0 Å². The molecule has 0 atom stereocenters. The van der Waals surface area contributed by atoms with E-state index in [0.29, 0.717) is 0 Å². The van der Waals surface area contributed by atoms with E-state index in [1.165, 1.54) is 5.56 Å². The summed E-state index contributed by atoms with van der Waals surface area (Å²) >= 11 is 7.54. The zero-order valence-corrected chi connectivity index (χ0v) is 16.3. The maximum absolute atomic E-state index is 5.94. The van der Waals surface area contributed by atoms with Gasteiger partial charge in [0, 0.05) is 16.8 Å². The maximum atomic E-state index is 5.94. The standard InChI is InChI=1S/C23H17ClN2S/c1-16-7-11-18(12-8-16)21-22(19-5-3-2-4-6-19)27-23(26-21)25-15-17-9-13-20(24)14-10-17/h2-15H,1H3. The van der Waals surface area contributed by atoms with Crippen LogP contribution in [0.1, 0.15) is 11.1 Å². The Morgan fingerprint density at radius 2 is 1.56 bits per heavy atom. The Bertz CT molecular complexity index is 1070. The molecule has 0 unspecified atom stereocenters. The quantitative estimate of drug-likeness (QED) is 0.339. The highest BCUT2D eigenvalue weighted by molar-refractivity contribution is 7.19. The molecule has 0 spiro atoms. The molecule has 0 aliphatic heterocycles. The highest BCUT2D eigenvalue weighted by atomic mass is 35.5. The third-order valence-electron chi connectivity index (χ3n) is 4.17. The van der Waals surface area contributed by atoms with Crippen LogP contribution in [-0.2, 0) is 0 Å². The Morgan fingerprint density at radius 3 is 2.26 bits per heavy atom. The minimum atomic E-state index is 0.717. The monoisotopic (exact) mass is 388 g/mol. The van der Waals surface area contributed by atoms with Crippen molar-refractivity contribution in [3.05, 3.63) is 95.0 Å². The second-order valence-corrected chi connectivity index (χ2v) is 7.63. The van der Waals surface area contributed by atoms with Crippen molar-refractivity contribution in [1.29, 1.82) is 0 Å². The van der Waals surface area contributed by atoms with E-state index in [1.807, 2.05) is 48.7 Å². The third kappa shape index (κ3) is 4.16. The number of aryl methyl sites for hydroxylation is 1. The van der Waals surface area contributed by atoms with Gasteiger partial charge in [0.15, 0.2) is 0 Å². The summed E-state index contributed by atoms with van der Waals surface area (Å²) in [6, 6.07) is 26.4. The maximum Gasteiger partial charge on any atom is 0.210 e. The number of aliphatic imine (C=N–C) groups is 1. The molecule has 0 bridgehead atoms. The van der Waals surface area contributed by atoms with Gasteiger partial charge in [0.2, 0.25) is 5.13 Å². The number of rotatable bonds is 4. The Balaban J connectivity index is 1.75. The van der Waals surface area contributed by atoms with Crippen LogP contribution in [0.2, 0.25) is 5.02 Å². The van der Waals surface area contributed by atoms with E-state index in [0.717, 1.165) is 37.4 Å². The molecule has 132 valence electrons. The molecule has 0 aliphatic carbocycles. The van der Waals surface area contributed by atoms with Gasteiger partial charge in [-0.3, -0.25) is 0 Å². The molecule has 0 saturated carbocycles. The first-order valence-corrected chi connectivity index (χ1v) is 9.81. The minimum Gasteiger partial charge on any atom is -0.227 e. The number of hydrogen-bond acceptors (Lipinski definition) is 3. The first-order chi connectivity index (χ1) is 13.2. The van der Waals surface area contributed by atoms with Crippen molar-refractivity contribution in [3.8, 4) is 21.7 Å². The summed E-state index contributed by atoms with van der Waals surface area (Å²) in [6.45, 7) is 2.09. The molecule has 2 nitrogen and oxygen atoms in total. The van der Waals surface area contributed by atoms with Gasteiger partial charge in [0.25, 0.3) is 0 Å². The van der Waals surface area contributed by atoms with Gasteiger partial charge >= 0.3 is 0 Å². The largest absolute Gasteiger partial charge is 0.227 e. The first kappa shape index (κ1) is 17.7. The molecule has 0 amide bonds. The lowest BCUT2D eigenvalue weighted by atomic mass is 10.1. The number of thiazole rings is 1. The average molecular weight is 389 g/mol. The lowest BCUT2D eigenvalue weighted by Gasteiger charge is -2.03. The van der Waals surface area contributed by atoms with Crippen LogP contribution in [-0.4, -0.2) is 11.2 Å². The zero-order chi connectivity index (χ0) is 18.6. The molecule has 0 fully saturated rings. The van der Waals surface area contributed by atoms with Gasteiger partial charge in [0.1, 0.15) is 0 Å². The minimum absolute atomic E-state index is 0.717. The smallest absolute Gasteiger partial charge is 0.210 e. The summed E-state index contributed by atoms with van der Waals surface area (Å²) < 4.78 is 0. The fourth-order valence-electron chi connectivity index (χ4n) is 2.73. The lowest BCUT2D eigenvalue weighted by Crippen LogP contribution is -1.82. The van der Waals surface area contributed by atoms with Gasteiger partial charge in [-0.15, -0.1) is 0 Å². The van der Waals surface area contributed by atoms with Crippen LogP contribution in [0.15, 0.2) is 83.9 Å². The van der Waals surface area contributed by atoms with E-state index >= 15 is 0 Å². The van der Waals surface area contributed by atoms with Gasteiger partial charge in [-0.05, 0) is 30.2 Å². The first-order valence-electron chi connectivity index (χ1n) is 8.62. The topological polar surface area (TPSA) is 25.2 Å². The fourth-order valence-corrected chi connectivity index (χ4v) is 3.80. The van der Waals surface area contributed by atoms with E-state index in [9.17, 15) is 0 Å². The van der Waals surface area contributed by atoms with Crippen LogP contribution < -0.4 is 0 Å². The molecule has 0 radical (unpaired) electrons. The molecule has 1 heterocycles. The lowest BCUT2D eigenvalue weighted by molar-refractivity contribution is 1.35. The number of nitrogens with zero attached hydrogens (tertiary/aromatic N) is 2. The number of hydrogen-bond donors (Lipinski definition) is 0.